The molecule has 0 aromatic heterocycles. The third-order valence-corrected chi connectivity index (χ3v) is 5.34. The van der Waals surface area contributed by atoms with Crippen LogP contribution in [0.1, 0.15) is 38.9 Å². The van der Waals surface area contributed by atoms with Crippen molar-refractivity contribution in [1.29, 1.82) is 0 Å². The second-order valence-corrected chi connectivity index (χ2v) is 9.02. The summed E-state index contributed by atoms with van der Waals surface area (Å²) in [6.07, 6.45) is 0.227. The summed E-state index contributed by atoms with van der Waals surface area (Å²) >= 11 is 3.44. The van der Waals surface area contributed by atoms with Crippen molar-refractivity contribution in [3.05, 3.63) is 34.3 Å². The van der Waals surface area contributed by atoms with Gasteiger partial charge in [0, 0.05) is 24.1 Å². The highest BCUT2D eigenvalue weighted by Gasteiger charge is 2.37. The van der Waals surface area contributed by atoms with Crippen LogP contribution >= 0.6 is 15.9 Å². The third-order valence-electron chi connectivity index (χ3n) is 4.81. The van der Waals surface area contributed by atoms with Crippen LogP contribution in [0, 0.1) is 5.92 Å². The summed E-state index contributed by atoms with van der Waals surface area (Å²) in [5, 5.41) is 0. The maximum atomic E-state index is 13.0. The highest BCUT2D eigenvalue weighted by Crippen LogP contribution is 2.27. The summed E-state index contributed by atoms with van der Waals surface area (Å²) in [5.74, 6) is -0.0624. The van der Waals surface area contributed by atoms with Crippen molar-refractivity contribution in [2.24, 2.45) is 5.92 Å². The topological polar surface area (TPSA) is 59.1 Å². The molecule has 0 radical (unpaired) electrons. The van der Waals surface area contributed by atoms with Gasteiger partial charge in [-0.3, -0.25) is 4.79 Å². The maximum absolute atomic E-state index is 13.0. The van der Waals surface area contributed by atoms with E-state index >= 15 is 0 Å². The van der Waals surface area contributed by atoms with Crippen LogP contribution in [-0.2, 0) is 14.3 Å². The molecule has 6 nitrogen and oxygen atoms in total. The molecule has 2 saturated heterocycles. The Bertz CT molecular complexity index is 686. The fraction of sp³-hybridized carbons (Fsp3) is 0.600. The van der Waals surface area contributed by atoms with E-state index in [4.69, 9.17) is 9.47 Å². The Morgan fingerprint density at radius 2 is 1.81 bits per heavy atom. The summed E-state index contributed by atoms with van der Waals surface area (Å²) in [5.41, 5.74) is 0.541. The standard InChI is InChI=1S/C20H27BrN2O4/c1-20(2,3)27-19(25)23-9-8-15(12-23)18(24)22-10-11-26-17(13-22)14-4-6-16(21)7-5-14/h4-7,15,17H,8-13H2,1-3H3. The number of carbonyl (C=O) groups excluding carboxylic acids is 2. The Hall–Kier alpha value is -1.60. The summed E-state index contributed by atoms with van der Waals surface area (Å²) in [6, 6.07) is 8.00. The summed E-state index contributed by atoms with van der Waals surface area (Å²) < 4.78 is 12.3. The Kier molecular flexibility index (Phi) is 6.11. The van der Waals surface area contributed by atoms with Gasteiger partial charge in [0.15, 0.2) is 0 Å². The summed E-state index contributed by atoms with van der Waals surface area (Å²) in [6.45, 7) is 8.19. The average Bonchev–Trinajstić information content (AvgIpc) is 3.11. The van der Waals surface area contributed by atoms with Crippen molar-refractivity contribution in [2.45, 2.75) is 38.9 Å². The lowest BCUT2D eigenvalue weighted by atomic mass is 10.0. The number of hydrogen-bond donors (Lipinski definition) is 0. The van der Waals surface area contributed by atoms with Gasteiger partial charge in [-0.2, -0.15) is 0 Å². The molecule has 27 heavy (non-hydrogen) atoms. The minimum atomic E-state index is -0.527. The minimum absolute atomic E-state index is 0.103. The van der Waals surface area contributed by atoms with Gasteiger partial charge in [-0.15, -0.1) is 0 Å². The van der Waals surface area contributed by atoms with Crippen LogP contribution in [0.4, 0.5) is 4.79 Å². The van der Waals surface area contributed by atoms with E-state index in [1.54, 1.807) is 4.90 Å². The van der Waals surface area contributed by atoms with Crippen molar-refractivity contribution in [1.82, 2.24) is 9.80 Å². The van der Waals surface area contributed by atoms with Gasteiger partial charge in [-0.1, -0.05) is 28.1 Å². The number of benzene rings is 1. The van der Waals surface area contributed by atoms with E-state index in [0.29, 0.717) is 39.2 Å². The highest BCUT2D eigenvalue weighted by molar-refractivity contribution is 9.10. The summed E-state index contributed by atoms with van der Waals surface area (Å²) in [7, 11) is 0. The van der Waals surface area contributed by atoms with Gasteiger partial charge in [0.2, 0.25) is 5.91 Å². The smallest absolute Gasteiger partial charge is 0.410 e. The molecule has 1 aromatic carbocycles. The number of nitrogens with zero attached hydrogens (tertiary/aromatic N) is 2. The SMILES string of the molecule is CC(C)(C)OC(=O)N1CCC(C(=O)N2CCOC(c3ccc(Br)cc3)C2)C1. The molecule has 0 bridgehead atoms. The first-order valence-corrected chi connectivity index (χ1v) is 10.2. The molecule has 3 rings (SSSR count). The number of halogens is 1. The molecule has 7 heteroatoms. The molecule has 2 unspecified atom stereocenters. The van der Waals surface area contributed by atoms with Crippen molar-refractivity contribution in [3.63, 3.8) is 0 Å². The third kappa shape index (κ3) is 5.23. The van der Waals surface area contributed by atoms with Gasteiger partial charge >= 0.3 is 6.09 Å². The van der Waals surface area contributed by atoms with Crippen molar-refractivity contribution < 1.29 is 19.1 Å². The monoisotopic (exact) mass is 438 g/mol. The van der Waals surface area contributed by atoms with Crippen LogP contribution in [0.15, 0.2) is 28.7 Å². The van der Waals surface area contributed by atoms with Crippen LogP contribution in [0.25, 0.3) is 0 Å². The molecule has 0 saturated carbocycles. The van der Waals surface area contributed by atoms with E-state index in [9.17, 15) is 9.59 Å². The number of carbonyl (C=O) groups is 2. The first-order chi connectivity index (χ1) is 12.7. The molecular formula is C20H27BrN2O4. The number of ether oxygens (including phenoxy) is 2. The van der Waals surface area contributed by atoms with Crippen molar-refractivity contribution >= 4 is 27.9 Å². The Balaban J connectivity index is 1.57. The molecule has 2 amide bonds. The van der Waals surface area contributed by atoms with Gasteiger partial charge < -0.3 is 19.3 Å². The van der Waals surface area contributed by atoms with Gasteiger partial charge in [-0.25, -0.2) is 4.79 Å². The molecule has 0 aliphatic carbocycles. The van der Waals surface area contributed by atoms with Gasteiger partial charge in [0.1, 0.15) is 11.7 Å². The van der Waals surface area contributed by atoms with Crippen molar-refractivity contribution in [3.8, 4) is 0 Å². The summed E-state index contributed by atoms with van der Waals surface area (Å²) in [4.78, 5) is 28.7. The lowest BCUT2D eigenvalue weighted by Crippen LogP contribution is -2.45. The number of morpholine rings is 1. The van der Waals surface area contributed by atoms with E-state index in [0.717, 1.165) is 10.0 Å². The highest BCUT2D eigenvalue weighted by atomic mass is 79.9. The largest absolute Gasteiger partial charge is 0.444 e. The maximum Gasteiger partial charge on any atom is 0.410 e. The molecular weight excluding hydrogens is 412 g/mol. The Morgan fingerprint density at radius 3 is 2.48 bits per heavy atom. The number of likely N-dealkylation sites (tertiary alicyclic amines) is 1. The molecule has 2 heterocycles. The van der Waals surface area contributed by atoms with E-state index in [1.165, 1.54) is 0 Å². The normalized spacial score (nSPS) is 23.4. The van der Waals surface area contributed by atoms with Crippen LogP contribution < -0.4 is 0 Å². The molecule has 2 aliphatic heterocycles. The Labute approximate surface area is 168 Å². The molecule has 0 spiro atoms. The van der Waals surface area contributed by atoms with E-state index in [-0.39, 0.29) is 24.0 Å². The predicted molar refractivity (Wildman–Crippen MR) is 105 cm³/mol. The molecule has 148 valence electrons. The predicted octanol–water partition coefficient (Wildman–Crippen LogP) is 3.61. The fourth-order valence-electron chi connectivity index (χ4n) is 3.44. The first kappa shape index (κ1) is 20.1. The van der Waals surface area contributed by atoms with E-state index < -0.39 is 5.60 Å². The number of rotatable bonds is 2. The molecule has 2 aliphatic rings. The lowest BCUT2D eigenvalue weighted by molar-refractivity contribution is -0.142. The average molecular weight is 439 g/mol. The zero-order valence-electron chi connectivity index (χ0n) is 16.1. The van der Waals surface area contributed by atoms with Gasteiger partial charge in [0.25, 0.3) is 0 Å². The second-order valence-electron chi connectivity index (χ2n) is 8.11. The zero-order chi connectivity index (χ0) is 19.6. The Morgan fingerprint density at radius 1 is 1.11 bits per heavy atom. The van der Waals surface area contributed by atoms with E-state index in [2.05, 4.69) is 15.9 Å². The van der Waals surface area contributed by atoms with Crippen molar-refractivity contribution in [2.75, 3.05) is 32.8 Å². The number of amides is 2. The molecule has 0 N–H and O–H groups in total. The van der Waals surface area contributed by atoms with Crippen LogP contribution in [0.3, 0.4) is 0 Å². The fourth-order valence-corrected chi connectivity index (χ4v) is 3.71. The second kappa shape index (κ2) is 8.19. The quantitative estimate of drug-likeness (QED) is 0.707. The van der Waals surface area contributed by atoms with Crippen LogP contribution in [0.5, 0.6) is 0 Å². The van der Waals surface area contributed by atoms with E-state index in [1.807, 2.05) is 49.9 Å². The van der Waals surface area contributed by atoms with Crippen LogP contribution in [-0.4, -0.2) is 60.2 Å². The molecule has 2 fully saturated rings. The zero-order valence-corrected chi connectivity index (χ0v) is 17.7. The molecule has 2 atom stereocenters. The van der Waals surface area contributed by atoms with Gasteiger partial charge in [0.05, 0.1) is 19.1 Å². The lowest BCUT2D eigenvalue weighted by Gasteiger charge is -2.34. The first-order valence-electron chi connectivity index (χ1n) is 9.37. The molecule has 1 aromatic rings. The minimum Gasteiger partial charge on any atom is -0.444 e. The van der Waals surface area contributed by atoms with Crippen LogP contribution in [0.2, 0.25) is 0 Å². The van der Waals surface area contributed by atoms with Gasteiger partial charge in [-0.05, 0) is 44.9 Å². The number of hydrogen-bond acceptors (Lipinski definition) is 4.